The first-order valence-electron chi connectivity index (χ1n) is 11.1. The van der Waals surface area contributed by atoms with Crippen molar-refractivity contribution in [1.29, 1.82) is 0 Å². The van der Waals surface area contributed by atoms with Gasteiger partial charge in [-0.2, -0.15) is 0 Å². The Balaban J connectivity index is 1.96. The number of benzene rings is 2. The van der Waals surface area contributed by atoms with Crippen LogP contribution < -0.4 is 16.6 Å². The number of nitrogens with zero attached hydrogens (tertiary/aromatic N) is 4. The summed E-state index contributed by atoms with van der Waals surface area (Å²) in [7, 11) is 0. The monoisotopic (exact) mass is 467 g/mol. The quantitative estimate of drug-likeness (QED) is 0.450. The first-order valence-corrected chi connectivity index (χ1v) is 11.4. The summed E-state index contributed by atoms with van der Waals surface area (Å²) in [5.41, 5.74) is 0.825. The van der Waals surface area contributed by atoms with Crippen molar-refractivity contribution in [3.8, 4) is 0 Å². The van der Waals surface area contributed by atoms with Crippen LogP contribution in [0.4, 0.5) is 0 Å². The highest BCUT2D eigenvalue weighted by atomic mass is 35.5. The maximum Gasteiger partial charge on any atom is 0.352 e. The summed E-state index contributed by atoms with van der Waals surface area (Å²) < 4.78 is 4.21. The van der Waals surface area contributed by atoms with Crippen LogP contribution in [0.25, 0.3) is 16.7 Å². The highest BCUT2D eigenvalue weighted by Gasteiger charge is 2.19. The Morgan fingerprint density at radius 1 is 1.15 bits per heavy atom. The van der Waals surface area contributed by atoms with E-state index in [1.54, 1.807) is 24.3 Å². The van der Waals surface area contributed by atoms with Crippen molar-refractivity contribution in [1.82, 2.24) is 24.1 Å². The second-order valence-corrected chi connectivity index (χ2v) is 8.55. The number of carbonyl (C=O) groups excluding carboxylic acids is 1. The number of fused-ring (bicyclic) bond motifs is 3. The first-order chi connectivity index (χ1) is 15.8. The minimum atomic E-state index is -0.403. The third kappa shape index (κ3) is 4.18. The van der Waals surface area contributed by atoms with Crippen LogP contribution in [0.5, 0.6) is 0 Å². The van der Waals surface area contributed by atoms with E-state index >= 15 is 0 Å². The molecule has 2 aromatic heterocycles. The maximum atomic E-state index is 13.4. The zero-order valence-electron chi connectivity index (χ0n) is 18.8. The van der Waals surface area contributed by atoms with E-state index in [1.807, 2.05) is 39.0 Å². The van der Waals surface area contributed by atoms with Gasteiger partial charge in [-0.1, -0.05) is 43.6 Å². The van der Waals surface area contributed by atoms with Crippen LogP contribution in [0, 0.1) is 0 Å². The Labute approximate surface area is 195 Å². The van der Waals surface area contributed by atoms with Crippen LogP contribution in [-0.4, -0.2) is 30.7 Å². The van der Waals surface area contributed by atoms with E-state index in [1.165, 1.54) is 13.6 Å². The maximum absolute atomic E-state index is 13.4. The van der Waals surface area contributed by atoms with Crippen LogP contribution in [0.3, 0.4) is 0 Å². The highest BCUT2D eigenvalue weighted by molar-refractivity contribution is 6.31. The zero-order valence-corrected chi connectivity index (χ0v) is 19.6. The molecule has 0 bridgehead atoms. The van der Waals surface area contributed by atoms with Crippen LogP contribution in [-0.2, 0) is 13.1 Å². The minimum absolute atomic E-state index is 0.00636. The molecule has 1 amide bonds. The molecule has 4 aromatic rings. The van der Waals surface area contributed by atoms with Crippen molar-refractivity contribution < 1.29 is 4.79 Å². The molecule has 0 saturated heterocycles. The van der Waals surface area contributed by atoms with Crippen LogP contribution in [0.15, 0.2) is 52.1 Å². The molecule has 0 radical (unpaired) electrons. The molecule has 0 aliphatic carbocycles. The molecule has 9 heteroatoms. The lowest BCUT2D eigenvalue weighted by Gasteiger charge is -2.13. The van der Waals surface area contributed by atoms with E-state index in [0.29, 0.717) is 34.5 Å². The number of aromatic nitrogens is 4. The summed E-state index contributed by atoms with van der Waals surface area (Å²) in [6.07, 6.45) is 1.49. The normalized spacial score (nSPS) is 12.4. The van der Waals surface area contributed by atoms with Gasteiger partial charge in [0.1, 0.15) is 0 Å². The predicted octanol–water partition coefficient (Wildman–Crippen LogP) is 3.45. The Morgan fingerprint density at radius 3 is 2.61 bits per heavy atom. The Hall–Kier alpha value is -3.39. The Bertz CT molecular complexity index is 1470. The average molecular weight is 468 g/mol. The van der Waals surface area contributed by atoms with Crippen molar-refractivity contribution >= 4 is 34.2 Å². The Kier molecular flexibility index (Phi) is 6.37. The number of aryl methyl sites for hydroxylation is 1. The van der Waals surface area contributed by atoms with Crippen molar-refractivity contribution in [2.24, 2.45) is 0 Å². The van der Waals surface area contributed by atoms with Crippen molar-refractivity contribution in [2.75, 3.05) is 0 Å². The SMILES string of the molecule is CCCn1c(=O)c2ccc(C(=O)NC(C)CC)cc2n2c(=O)n(Cc3ccccc3Cl)nc12. The largest absolute Gasteiger partial charge is 0.352 e. The topological polar surface area (TPSA) is 90.4 Å². The van der Waals surface area contributed by atoms with Gasteiger partial charge in [0.25, 0.3) is 11.5 Å². The van der Waals surface area contributed by atoms with Crippen LogP contribution >= 0.6 is 11.6 Å². The fourth-order valence-corrected chi connectivity index (χ4v) is 3.98. The van der Waals surface area contributed by atoms with Gasteiger partial charge in [0.2, 0.25) is 5.78 Å². The predicted molar refractivity (Wildman–Crippen MR) is 129 cm³/mol. The summed E-state index contributed by atoms with van der Waals surface area (Å²) >= 11 is 6.29. The van der Waals surface area contributed by atoms with E-state index in [4.69, 9.17) is 11.6 Å². The van der Waals surface area contributed by atoms with Crippen LogP contribution in [0.1, 0.15) is 49.5 Å². The third-order valence-electron chi connectivity index (χ3n) is 5.76. The molecular formula is C24H26ClN5O3. The number of hydrogen-bond acceptors (Lipinski definition) is 4. The molecule has 0 aliphatic heterocycles. The summed E-state index contributed by atoms with van der Waals surface area (Å²) in [5, 5.41) is 8.29. The minimum Gasteiger partial charge on any atom is -0.350 e. The van der Waals surface area contributed by atoms with Gasteiger partial charge in [0.05, 0.1) is 17.4 Å². The second kappa shape index (κ2) is 9.23. The summed E-state index contributed by atoms with van der Waals surface area (Å²) in [5.74, 6) is -0.0143. The molecule has 1 atom stereocenters. The van der Waals surface area contributed by atoms with Gasteiger partial charge in [-0.15, -0.1) is 5.10 Å². The second-order valence-electron chi connectivity index (χ2n) is 8.14. The molecule has 1 N–H and O–H groups in total. The van der Waals surface area contributed by atoms with E-state index < -0.39 is 5.69 Å². The number of rotatable bonds is 7. The molecule has 0 saturated carbocycles. The van der Waals surface area contributed by atoms with Gasteiger partial charge >= 0.3 is 5.69 Å². The van der Waals surface area contributed by atoms with E-state index in [-0.39, 0.29) is 29.8 Å². The van der Waals surface area contributed by atoms with E-state index in [9.17, 15) is 14.4 Å². The molecule has 0 aliphatic rings. The smallest absolute Gasteiger partial charge is 0.350 e. The number of carbonyl (C=O) groups is 1. The molecular weight excluding hydrogens is 442 g/mol. The zero-order chi connectivity index (χ0) is 23.7. The molecule has 172 valence electrons. The van der Waals surface area contributed by atoms with Gasteiger partial charge < -0.3 is 5.32 Å². The first kappa shape index (κ1) is 22.8. The molecule has 0 fully saturated rings. The van der Waals surface area contributed by atoms with Gasteiger partial charge in [0.15, 0.2) is 0 Å². The molecule has 2 aromatic carbocycles. The summed E-state index contributed by atoms with van der Waals surface area (Å²) in [6, 6.07) is 12.0. The van der Waals surface area contributed by atoms with E-state index in [2.05, 4.69) is 10.4 Å². The van der Waals surface area contributed by atoms with Gasteiger partial charge in [0, 0.05) is 23.2 Å². The molecule has 1 unspecified atom stereocenters. The fourth-order valence-electron chi connectivity index (χ4n) is 3.78. The van der Waals surface area contributed by atoms with Crippen molar-refractivity contribution in [3.05, 3.63) is 79.5 Å². The molecule has 33 heavy (non-hydrogen) atoms. The molecule has 2 heterocycles. The lowest BCUT2D eigenvalue weighted by Crippen LogP contribution is -2.32. The van der Waals surface area contributed by atoms with Gasteiger partial charge in [-0.25, -0.2) is 13.9 Å². The van der Waals surface area contributed by atoms with Gasteiger partial charge in [-0.05, 0) is 49.6 Å². The highest BCUT2D eigenvalue weighted by Crippen LogP contribution is 2.17. The average Bonchev–Trinajstić information content (AvgIpc) is 3.13. The van der Waals surface area contributed by atoms with Gasteiger partial charge in [-0.3, -0.25) is 14.2 Å². The lowest BCUT2D eigenvalue weighted by molar-refractivity contribution is 0.0939. The number of amides is 1. The number of hydrogen-bond donors (Lipinski definition) is 1. The number of nitrogens with one attached hydrogen (secondary N) is 1. The van der Waals surface area contributed by atoms with Crippen molar-refractivity contribution in [2.45, 2.75) is 52.7 Å². The molecule has 4 rings (SSSR count). The molecule has 8 nitrogen and oxygen atoms in total. The van der Waals surface area contributed by atoms with E-state index in [0.717, 1.165) is 12.0 Å². The third-order valence-corrected chi connectivity index (χ3v) is 6.12. The standard InChI is InChI=1S/C24H26ClN5O3/c1-4-12-28-22(32)18-11-10-16(21(31)26-15(3)5-2)13-20(18)30-23(28)27-29(24(30)33)14-17-8-6-7-9-19(17)25/h6-11,13,15H,4-5,12,14H2,1-3H3,(H,26,31). The van der Waals surface area contributed by atoms with Crippen LogP contribution in [0.2, 0.25) is 5.02 Å². The summed E-state index contributed by atoms with van der Waals surface area (Å²) in [4.78, 5) is 39.4. The number of halogens is 1. The Morgan fingerprint density at radius 2 is 1.91 bits per heavy atom. The van der Waals surface area contributed by atoms with Crippen molar-refractivity contribution in [3.63, 3.8) is 0 Å². The summed E-state index contributed by atoms with van der Waals surface area (Å²) in [6.45, 7) is 6.43. The lowest BCUT2D eigenvalue weighted by atomic mass is 10.1. The fraction of sp³-hybridized carbons (Fsp3) is 0.333. The molecule has 0 spiro atoms.